The minimum atomic E-state index is -1.34. The lowest BCUT2D eigenvalue weighted by Gasteiger charge is -2.45. The van der Waals surface area contributed by atoms with Gasteiger partial charge in [0.2, 0.25) is 0 Å². The van der Waals surface area contributed by atoms with Crippen molar-refractivity contribution in [2.75, 3.05) is 19.7 Å². The molecular formula is C24H25N2O5-. The molecule has 0 saturated carbocycles. The number of ether oxygens (including phenoxy) is 1. The highest BCUT2D eigenvalue weighted by atomic mass is 16.5. The van der Waals surface area contributed by atoms with Crippen molar-refractivity contribution < 1.29 is 24.2 Å². The van der Waals surface area contributed by atoms with Crippen molar-refractivity contribution in [2.45, 2.75) is 38.5 Å². The molecule has 2 aromatic rings. The topological polar surface area (TPSA) is 90.0 Å². The average molecular weight is 421 g/mol. The van der Waals surface area contributed by atoms with E-state index in [0.717, 1.165) is 11.1 Å². The fourth-order valence-corrected chi connectivity index (χ4v) is 4.40. The SMILES string of the molecule is Cc1ccc(C(=O)N2[C@@H](C(=O)[O-])COC23CCN(C(=O)c2cccc(C)c2)CC3)cc1. The first-order chi connectivity index (χ1) is 14.8. The Morgan fingerprint density at radius 2 is 1.61 bits per heavy atom. The zero-order valence-corrected chi connectivity index (χ0v) is 17.7. The minimum absolute atomic E-state index is 0.0793. The van der Waals surface area contributed by atoms with Gasteiger partial charge in [-0.25, -0.2) is 0 Å². The Morgan fingerprint density at radius 1 is 0.935 bits per heavy atom. The van der Waals surface area contributed by atoms with Crippen molar-refractivity contribution in [1.29, 1.82) is 0 Å². The van der Waals surface area contributed by atoms with Gasteiger partial charge >= 0.3 is 0 Å². The highest BCUT2D eigenvalue weighted by Crippen LogP contribution is 2.38. The molecule has 2 aliphatic heterocycles. The lowest BCUT2D eigenvalue weighted by Crippen LogP contribution is -2.60. The van der Waals surface area contributed by atoms with E-state index in [4.69, 9.17) is 4.74 Å². The maximum absolute atomic E-state index is 13.3. The van der Waals surface area contributed by atoms with Gasteiger partial charge in [0, 0.05) is 37.1 Å². The van der Waals surface area contributed by atoms with E-state index in [1.54, 1.807) is 23.1 Å². The van der Waals surface area contributed by atoms with E-state index in [2.05, 4.69) is 0 Å². The van der Waals surface area contributed by atoms with Gasteiger partial charge in [0.25, 0.3) is 11.8 Å². The molecule has 2 saturated heterocycles. The van der Waals surface area contributed by atoms with Crippen molar-refractivity contribution >= 4 is 17.8 Å². The molecule has 1 atom stereocenters. The van der Waals surface area contributed by atoms with Crippen LogP contribution in [0.1, 0.15) is 44.7 Å². The molecule has 2 aromatic carbocycles. The van der Waals surface area contributed by atoms with Crippen LogP contribution in [-0.4, -0.2) is 59.0 Å². The number of carboxylic acid groups (broad SMARTS) is 1. The number of piperidine rings is 1. The van der Waals surface area contributed by atoms with Crippen LogP contribution in [0.3, 0.4) is 0 Å². The van der Waals surface area contributed by atoms with Crippen LogP contribution in [0, 0.1) is 13.8 Å². The molecular weight excluding hydrogens is 396 g/mol. The van der Waals surface area contributed by atoms with E-state index >= 15 is 0 Å². The fourth-order valence-electron chi connectivity index (χ4n) is 4.40. The van der Waals surface area contributed by atoms with Crippen LogP contribution in [0.2, 0.25) is 0 Å². The van der Waals surface area contributed by atoms with Crippen LogP contribution < -0.4 is 5.11 Å². The molecule has 162 valence electrons. The highest BCUT2D eigenvalue weighted by Gasteiger charge is 2.52. The summed E-state index contributed by atoms with van der Waals surface area (Å²) < 4.78 is 5.93. The summed E-state index contributed by atoms with van der Waals surface area (Å²) in [6, 6.07) is 13.3. The van der Waals surface area contributed by atoms with E-state index in [0.29, 0.717) is 37.1 Å². The smallest absolute Gasteiger partial charge is 0.256 e. The number of benzene rings is 2. The number of carbonyl (C=O) groups is 3. The van der Waals surface area contributed by atoms with E-state index in [9.17, 15) is 19.5 Å². The lowest BCUT2D eigenvalue weighted by molar-refractivity contribution is -0.310. The van der Waals surface area contributed by atoms with Crippen molar-refractivity contribution in [1.82, 2.24) is 9.80 Å². The Kier molecular flexibility index (Phi) is 5.54. The number of aryl methyl sites for hydroxylation is 2. The molecule has 7 nitrogen and oxygen atoms in total. The molecule has 2 aliphatic rings. The Balaban J connectivity index is 1.56. The summed E-state index contributed by atoms with van der Waals surface area (Å²) in [5, 5.41) is 11.8. The zero-order valence-electron chi connectivity index (χ0n) is 17.7. The van der Waals surface area contributed by atoms with Gasteiger partial charge in [0.05, 0.1) is 18.6 Å². The van der Waals surface area contributed by atoms with Gasteiger partial charge in [-0.1, -0.05) is 35.4 Å². The van der Waals surface area contributed by atoms with Crippen LogP contribution in [0.15, 0.2) is 48.5 Å². The number of aliphatic carboxylic acids is 1. The van der Waals surface area contributed by atoms with Gasteiger partial charge in [-0.15, -0.1) is 0 Å². The standard InChI is InChI=1S/C24H26N2O5/c1-16-6-8-18(9-7-16)22(28)26-20(23(29)30)15-31-24(26)10-12-25(13-11-24)21(27)19-5-3-4-17(2)14-19/h3-9,14,20H,10-13,15H2,1-2H3,(H,29,30)/p-1/t20-/m1/s1. The molecule has 2 amide bonds. The number of nitrogens with zero attached hydrogens (tertiary/aromatic N) is 2. The first-order valence-corrected chi connectivity index (χ1v) is 10.4. The van der Waals surface area contributed by atoms with E-state index < -0.39 is 23.6 Å². The van der Waals surface area contributed by atoms with Crippen molar-refractivity contribution in [3.05, 3.63) is 70.8 Å². The van der Waals surface area contributed by atoms with Gasteiger partial charge in [0.15, 0.2) is 0 Å². The highest BCUT2D eigenvalue weighted by molar-refractivity contribution is 5.97. The molecule has 4 rings (SSSR count). The van der Waals surface area contributed by atoms with E-state index in [1.165, 1.54) is 4.90 Å². The average Bonchev–Trinajstić information content (AvgIpc) is 3.12. The van der Waals surface area contributed by atoms with Crippen molar-refractivity contribution in [3.8, 4) is 0 Å². The van der Waals surface area contributed by atoms with E-state index in [1.807, 2.05) is 44.2 Å². The lowest BCUT2D eigenvalue weighted by atomic mass is 9.96. The number of carbonyl (C=O) groups excluding carboxylic acids is 3. The second-order valence-corrected chi connectivity index (χ2v) is 8.29. The molecule has 1 spiro atoms. The number of rotatable bonds is 3. The summed E-state index contributed by atoms with van der Waals surface area (Å²) in [7, 11) is 0. The number of hydrogen-bond donors (Lipinski definition) is 0. The summed E-state index contributed by atoms with van der Waals surface area (Å²) in [6.45, 7) is 4.46. The third-order valence-corrected chi connectivity index (χ3v) is 6.15. The Hall–Kier alpha value is -3.19. The zero-order chi connectivity index (χ0) is 22.2. The Bertz CT molecular complexity index is 1010. The predicted molar refractivity (Wildman–Crippen MR) is 111 cm³/mol. The number of likely N-dealkylation sites (tertiary alicyclic amines) is 1. The molecule has 2 fully saturated rings. The molecule has 0 aliphatic carbocycles. The predicted octanol–water partition coefficient (Wildman–Crippen LogP) is 1.53. The van der Waals surface area contributed by atoms with Gasteiger partial charge in [0.1, 0.15) is 5.72 Å². The summed E-state index contributed by atoms with van der Waals surface area (Å²) in [5.41, 5.74) is 1.97. The summed E-state index contributed by atoms with van der Waals surface area (Å²) >= 11 is 0. The quantitative estimate of drug-likeness (QED) is 0.750. The Morgan fingerprint density at radius 3 is 2.23 bits per heavy atom. The van der Waals surface area contributed by atoms with E-state index in [-0.39, 0.29) is 12.5 Å². The largest absolute Gasteiger partial charge is 0.548 e. The summed E-state index contributed by atoms with van der Waals surface area (Å²) in [6.07, 6.45) is 0.678. The molecule has 7 heteroatoms. The van der Waals surface area contributed by atoms with Crippen molar-refractivity contribution in [2.24, 2.45) is 0 Å². The number of hydrogen-bond acceptors (Lipinski definition) is 5. The number of amides is 2. The first-order valence-electron chi connectivity index (χ1n) is 10.4. The molecule has 0 unspecified atom stereocenters. The van der Waals surface area contributed by atoms with Crippen LogP contribution in [0.4, 0.5) is 0 Å². The normalized spacial score (nSPS) is 20.1. The second-order valence-electron chi connectivity index (χ2n) is 8.29. The molecule has 0 bridgehead atoms. The third kappa shape index (κ3) is 3.93. The molecule has 31 heavy (non-hydrogen) atoms. The molecule has 0 N–H and O–H groups in total. The summed E-state index contributed by atoms with van der Waals surface area (Å²) in [5.74, 6) is -1.81. The molecule has 0 radical (unpaired) electrons. The third-order valence-electron chi connectivity index (χ3n) is 6.15. The van der Waals surface area contributed by atoms with Crippen LogP contribution in [0.5, 0.6) is 0 Å². The van der Waals surface area contributed by atoms with Gasteiger partial charge in [-0.3, -0.25) is 14.5 Å². The van der Waals surface area contributed by atoms with Crippen LogP contribution >= 0.6 is 0 Å². The molecule has 0 aromatic heterocycles. The maximum atomic E-state index is 13.3. The van der Waals surface area contributed by atoms with Crippen molar-refractivity contribution in [3.63, 3.8) is 0 Å². The van der Waals surface area contributed by atoms with Gasteiger partial charge in [-0.05, 0) is 38.1 Å². The maximum Gasteiger partial charge on any atom is 0.256 e. The van der Waals surface area contributed by atoms with Gasteiger partial charge in [-0.2, -0.15) is 0 Å². The van der Waals surface area contributed by atoms with Crippen LogP contribution in [0.25, 0.3) is 0 Å². The Labute approximate surface area is 181 Å². The minimum Gasteiger partial charge on any atom is -0.548 e. The second kappa shape index (κ2) is 8.15. The summed E-state index contributed by atoms with van der Waals surface area (Å²) in [4.78, 5) is 41.0. The number of carboxylic acids is 1. The van der Waals surface area contributed by atoms with Crippen LogP contribution in [-0.2, 0) is 9.53 Å². The first kappa shape index (κ1) is 21.1. The van der Waals surface area contributed by atoms with Gasteiger partial charge < -0.3 is 19.5 Å². The fraction of sp³-hybridized carbons (Fsp3) is 0.375. The monoisotopic (exact) mass is 421 g/mol. The molecule has 2 heterocycles.